The minimum Gasteiger partial charge on any atom is -0.597 e. The minimum absolute atomic E-state index is 0.364. The van der Waals surface area contributed by atoms with Gasteiger partial charge < -0.3 is 4.55 Å². The molecule has 12 heavy (non-hydrogen) atoms. The first-order chi connectivity index (χ1) is 5.22. The lowest BCUT2D eigenvalue weighted by Crippen LogP contribution is -2.61. The largest absolute Gasteiger partial charge is 0.597 e. The predicted octanol–water partition coefficient (Wildman–Crippen LogP) is 1.40. The molecule has 0 aliphatic carbocycles. The molecule has 1 aliphatic heterocycles. The van der Waals surface area contributed by atoms with Gasteiger partial charge in [0.15, 0.2) is 0 Å². The van der Waals surface area contributed by atoms with Gasteiger partial charge in [-0.1, -0.05) is 0 Å². The van der Waals surface area contributed by atoms with Gasteiger partial charge in [0, 0.05) is 11.4 Å². The average Bonchev–Trinajstić information content (AvgIpc) is 1.78. The van der Waals surface area contributed by atoms with Crippen LogP contribution in [0.2, 0.25) is 0 Å². The number of halogens is 2. The van der Waals surface area contributed by atoms with Crippen LogP contribution in [0.3, 0.4) is 0 Å². The molecule has 0 aromatic heterocycles. The Hall–Kier alpha value is 0.130. The second-order valence-corrected chi connectivity index (χ2v) is 6.25. The van der Waals surface area contributed by atoms with Crippen molar-refractivity contribution in [2.45, 2.75) is 31.4 Å². The summed E-state index contributed by atoms with van der Waals surface area (Å²) in [6.07, 6.45) is 0. The summed E-state index contributed by atoms with van der Waals surface area (Å²) < 4.78 is 37.0. The molecule has 1 aliphatic rings. The number of nitrogens with zero attached hydrogens (tertiary/aromatic N) is 1. The standard InChI is InChI=1S/C7H13F2NOS/c1-6(2,3)12(11)10-4-7(8,9)5-10/h4-5H2,1-3H3. The van der Waals surface area contributed by atoms with Gasteiger partial charge in [0.1, 0.15) is 17.8 Å². The molecular formula is C7H13F2NOS. The monoisotopic (exact) mass is 197 g/mol. The molecule has 0 N–H and O–H groups in total. The fraction of sp³-hybridized carbons (Fsp3) is 1.00. The Morgan fingerprint density at radius 1 is 1.33 bits per heavy atom. The van der Waals surface area contributed by atoms with E-state index in [1.54, 1.807) is 20.8 Å². The molecule has 0 aromatic carbocycles. The van der Waals surface area contributed by atoms with Gasteiger partial charge in [0.05, 0.1) is 0 Å². The van der Waals surface area contributed by atoms with E-state index in [-0.39, 0.29) is 13.1 Å². The van der Waals surface area contributed by atoms with Crippen molar-refractivity contribution in [2.75, 3.05) is 13.1 Å². The Balaban J connectivity index is 2.43. The van der Waals surface area contributed by atoms with Crippen LogP contribution in [0.5, 0.6) is 0 Å². The maximum atomic E-state index is 12.4. The first-order valence-electron chi connectivity index (χ1n) is 3.77. The van der Waals surface area contributed by atoms with Crippen molar-refractivity contribution in [1.29, 1.82) is 0 Å². The summed E-state index contributed by atoms with van der Waals surface area (Å²) in [7, 11) is 0. The summed E-state index contributed by atoms with van der Waals surface area (Å²) in [4.78, 5) is 0. The predicted molar refractivity (Wildman–Crippen MR) is 44.4 cm³/mol. The Morgan fingerprint density at radius 3 is 2.00 bits per heavy atom. The smallest absolute Gasteiger partial charge is 0.281 e. The van der Waals surface area contributed by atoms with Crippen molar-refractivity contribution in [1.82, 2.24) is 4.31 Å². The molecule has 0 bridgehead atoms. The number of alkyl halides is 2. The summed E-state index contributed by atoms with van der Waals surface area (Å²) in [5, 5.41) is 0. The first kappa shape index (κ1) is 10.2. The molecule has 1 atom stereocenters. The van der Waals surface area contributed by atoms with E-state index in [9.17, 15) is 13.3 Å². The zero-order valence-electron chi connectivity index (χ0n) is 7.43. The highest BCUT2D eigenvalue weighted by Crippen LogP contribution is 2.33. The Morgan fingerprint density at radius 2 is 1.75 bits per heavy atom. The molecule has 72 valence electrons. The third-order valence-electron chi connectivity index (χ3n) is 1.57. The average molecular weight is 197 g/mol. The van der Waals surface area contributed by atoms with E-state index < -0.39 is 22.0 Å². The molecule has 2 nitrogen and oxygen atoms in total. The van der Waals surface area contributed by atoms with Gasteiger partial charge in [-0.2, -0.15) is 0 Å². The van der Waals surface area contributed by atoms with Crippen LogP contribution in [0.1, 0.15) is 20.8 Å². The second kappa shape index (κ2) is 2.82. The van der Waals surface area contributed by atoms with Crippen molar-refractivity contribution in [3.05, 3.63) is 0 Å². The molecular weight excluding hydrogens is 184 g/mol. The highest BCUT2D eigenvalue weighted by Gasteiger charge is 2.52. The normalized spacial score (nSPS) is 26.5. The minimum atomic E-state index is -2.62. The van der Waals surface area contributed by atoms with Gasteiger partial charge in [-0.3, -0.25) is 0 Å². The third-order valence-corrected chi connectivity index (χ3v) is 3.35. The molecule has 0 saturated carbocycles. The molecule has 0 spiro atoms. The zero-order valence-corrected chi connectivity index (χ0v) is 8.25. The molecule has 5 heteroatoms. The van der Waals surface area contributed by atoms with Crippen LogP contribution >= 0.6 is 0 Å². The molecule has 1 heterocycles. The third kappa shape index (κ3) is 2.08. The van der Waals surface area contributed by atoms with Gasteiger partial charge in [-0.25, -0.2) is 8.78 Å². The highest BCUT2D eigenvalue weighted by atomic mass is 32.2. The summed E-state index contributed by atoms with van der Waals surface area (Å²) in [6, 6.07) is 0. The van der Waals surface area contributed by atoms with Crippen molar-refractivity contribution in [3.63, 3.8) is 0 Å². The molecule has 1 unspecified atom stereocenters. The Kier molecular flexibility index (Phi) is 2.40. The molecule has 1 rings (SSSR count). The lowest BCUT2D eigenvalue weighted by molar-refractivity contribution is -0.0951. The van der Waals surface area contributed by atoms with E-state index in [0.29, 0.717) is 0 Å². The van der Waals surface area contributed by atoms with Crippen LogP contribution in [-0.4, -0.2) is 32.6 Å². The quantitative estimate of drug-likeness (QED) is 0.594. The zero-order chi connectivity index (χ0) is 9.57. The van der Waals surface area contributed by atoms with E-state index in [1.807, 2.05) is 0 Å². The maximum Gasteiger partial charge on any atom is 0.281 e. The maximum absolute atomic E-state index is 12.4. The van der Waals surface area contributed by atoms with Gasteiger partial charge >= 0.3 is 0 Å². The topological polar surface area (TPSA) is 26.3 Å². The molecule has 0 aromatic rings. The molecule has 1 fully saturated rings. The van der Waals surface area contributed by atoms with Crippen LogP contribution in [-0.2, 0) is 11.4 Å². The molecule has 0 radical (unpaired) electrons. The fourth-order valence-corrected chi connectivity index (χ4v) is 2.36. The fourth-order valence-electron chi connectivity index (χ4n) is 0.974. The van der Waals surface area contributed by atoms with Gasteiger partial charge in [0.2, 0.25) is 0 Å². The van der Waals surface area contributed by atoms with E-state index in [0.717, 1.165) is 0 Å². The summed E-state index contributed by atoms with van der Waals surface area (Å²) in [5.74, 6) is -2.62. The van der Waals surface area contributed by atoms with Gasteiger partial charge in [0.25, 0.3) is 5.92 Å². The summed E-state index contributed by atoms with van der Waals surface area (Å²) in [5.41, 5.74) is 0. The van der Waals surface area contributed by atoms with Crippen molar-refractivity contribution < 1.29 is 13.3 Å². The van der Waals surface area contributed by atoms with Crippen LogP contribution < -0.4 is 0 Å². The lowest BCUT2D eigenvalue weighted by atomic mass is 10.2. The van der Waals surface area contributed by atoms with Crippen molar-refractivity contribution in [3.8, 4) is 0 Å². The number of rotatable bonds is 1. The molecule has 1 saturated heterocycles. The van der Waals surface area contributed by atoms with Crippen LogP contribution in [0.15, 0.2) is 0 Å². The van der Waals surface area contributed by atoms with Gasteiger partial charge in [-0.15, -0.1) is 4.31 Å². The van der Waals surface area contributed by atoms with Crippen molar-refractivity contribution >= 4 is 11.4 Å². The van der Waals surface area contributed by atoms with Crippen molar-refractivity contribution in [2.24, 2.45) is 0 Å². The van der Waals surface area contributed by atoms with Gasteiger partial charge in [-0.05, 0) is 20.8 Å². The van der Waals surface area contributed by atoms with E-state index in [2.05, 4.69) is 0 Å². The van der Waals surface area contributed by atoms with Crippen LogP contribution in [0, 0.1) is 0 Å². The summed E-state index contributed by atoms with van der Waals surface area (Å²) in [6.45, 7) is 4.60. The van der Waals surface area contributed by atoms with E-state index in [1.165, 1.54) is 4.31 Å². The van der Waals surface area contributed by atoms with E-state index >= 15 is 0 Å². The molecule has 0 amide bonds. The van der Waals surface area contributed by atoms with Crippen LogP contribution in [0.25, 0.3) is 0 Å². The highest BCUT2D eigenvalue weighted by molar-refractivity contribution is 7.90. The lowest BCUT2D eigenvalue weighted by Gasteiger charge is -2.41. The summed E-state index contributed by atoms with van der Waals surface area (Å²) >= 11 is -1.29. The number of hydrogen-bond donors (Lipinski definition) is 0. The SMILES string of the molecule is CC(C)(C)[S+]([O-])N1CC(F)(F)C1. The number of hydrogen-bond acceptors (Lipinski definition) is 2. The van der Waals surface area contributed by atoms with Crippen LogP contribution in [0.4, 0.5) is 8.78 Å². The first-order valence-corrected chi connectivity index (χ1v) is 4.88. The Labute approximate surface area is 74.2 Å². The second-order valence-electron chi connectivity index (χ2n) is 4.02. The Bertz CT molecular complexity index is 173. The van der Waals surface area contributed by atoms with E-state index in [4.69, 9.17) is 0 Å².